The molecule has 0 saturated carbocycles. The summed E-state index contributed by atoms with van der Waals surface area (Å²) in [5.74, 6) is -1.55. The molecule has 0 spiro atoms. The van der Waals surface area contributed by atoms with Crippen molar-refractivity contribution in [1.29, 1.82) is 0 Å². The topological polar surface area (TPSA) is 58.6 Å². The van der Waals surface area contributed by atoms with Gasteiger partial charge in [-0.1, -0.05) is 30.3 Å². The maximum absolute atomic E-state index is 13.7. The Morgan fingerprint density at radius 1 is 0.938 bits per heavy atom. The lowest BCUT2D eigenvalue weighted by molar-refractivity contribution is -0.122. The lowest BCUT2D eigenvalue weighted by atomic mass is 10.1. The zero-order valence-corrected chi connectivity index (χ0v) is 17.4. The molecule has 0 bridgehead atoms. The van der Waals surface area contributed by atoms with Gasteiger partial charge in [-0.05, 0) is 66.3 Å². The second-order valence-corrected chi connectivity index (χ2v) is 7.27. The van der Waals surface area contributed by atoms with Crippen LogP contribution in [0, 0.1) is 11.6 Å². The predicted octanol–water partition coefficient (Wildman–Crippen LogP) is 4.38. The van der Waals surface area contributed by atoms with Gasteiger partial charge in [-0.15, -0.1) is 0 Å². The number of hydrogen-bond acceptors (Lipinski definition) is 4. The fraction of sp³-hybridized carbons (Fsp3) is 0.0417. The van der Waals surface area contributed by atoms with Gasteiger partial charge in [-0.2, -0.15) is 0 Å². The molecule has 3 aromatic carbocycles. The Morgan fingerprint density at radius 3 is 2.31 bits per heavy atom. The zero-order valence-electron chi connectivity index (χ0n) is 16.5. The number of amides is 2. The molecule has 1 aliphatic heterocycles. The molecule has 0 unspecified atom stereocenters. The standard InChI is InChI=1S/C24H16F2N2O3S/c25-17-7-9-18(10-8-17)28-23(30)20(22(29)27-24(28)32)13-15-5-11-19(12-6-15)31-14-16-3-1-2-4-21(16)26/h1-13H,14H2,(H,27,29,32). The summed E-state index contributed by atoms with van der Waals surface area (Å²) >= 11 is 5.12. The number of nitrogens with zero attached hydrogens (tertiary/aromatic N) is 1. The van der Waals surface area contributed by atoms with Gasteiger partial charge in [0.25, 0.3) is 11.8 Å². The highest BCUT2D eigenvalue weighted by molar-refractivity contribution is 7.80. The molecular formula is C24H16F2N2O3S. The van der Waals surface area contributed by atoms with Crippen molar-refractivity contribution in [2.75, 3.05) is 4.90 Å². The fourth-order valence-electron chi connectivity index (χ4n) is 3.09. The summed E-state index contributed by atoms with van der Waals surface area (Å²) in [5, 5.41) is 2.39. The first kappa shape index (κ1) is 21.3. The maximum atomic E-state index is 13.7. The monoisotopic (exact) mass is 450 g/mol. The van der Waals surface area contributed by atoms with Gasteiger partial charge in [-0.25, -0.2) is 8.78 Å². The van der Waals surface area contributed by atoms with E-state index in [-0.39, 0.29) is 23.1 Å². The zero-order chi connectivity index (χ0) is 22.7. The van der Waals surface area contributed by atoms with E-state index < -0.39 is 17.6 Å². The smallest absolute Gasteiger partial charge is 0.270 e. The molecule has 3 aromatic rings. The van der Waals surface area contributed by atoms with E-state index in [9.17, 15) is 18.4 Å². The average molecular weight is 450 g/mol. The summed E-state index contributed by atoms with van der Waals surface area (Å²) in [6, 6.07) is 18.2. The molecule has 4 rings (SSSR count). The second-order valence-electron chi connectivity index (χ2n) is 6.88. The first-order valence-corrected chi connectivity index (χ1v) is 9.96. The van der Waals surface area contributed by atoms with E-state index in [2.05, 4.69) is 5.32 Å². The molecule has 32 heavy (non-hydrogen) atoms. The highest BCUT2D eigenvalue weighted by Crippen LogP contribution is 2.23. The van der Waals surface area contributed by atoms with Crippen LogP contribution in [0.4, 0.5) is 14.5 Å². The van der Waals surface area contributed by atoms with Crippen LogP contribution in [-0.2, 0) is 16.2 Å². The molecule has 1 N–H and O–H groups in total. The molecule has 0 aromatic heterocycles. The van der Waals surface area contributed by atoms with E-state index in [1.165, 1.54) is 36.4 Å². The third-order valence-corrected chi connectivity index (χ3v) is 5.01. The Morgan fingerprint density at radius 2 is 1.62 bits per heavy atom. The number of anilines is 1. The minimum atomic E-state index is -0.627. The van der Waals surface area contributed by atoms with Gasteiger partial charge in [0, 0.05) is 5.56 Å². The largest absolute Gasteiger partial charge is 0.489 e. The van der Waals surface area contributed by atoms with E-state index in [0.717, 1.165) is 4.90 Å². The Balaban J connectivity index is 1.52. The van der Waals surface area contributed by atoms with Crippen molar-refractivity contribution >= 4 is 40.9 Å². The minimum Gasteiger partial charge on any atom is -0.489 e. The molecule has 1 saturated heterocycles. The number of nitrogens with one attached hydrogen (secondary N) is 1. The van der Waals surface area contributed by atoms with E-state index in [1.54, 1.807) is 42.5 Å². The summed E-state index contributed by atoms with van der Waals surface area (Å²) in [6.07, 6.45) is 1.43. The molecule has 160 valence electrons. The minimum absolute atomic E-state index is 0.0675. The van der Waals surface area contributed by atoms with E-state index in [0.29, 0.717) is 22.6 Å². The molecule has 0 aliphatic carbocycles. The molecule has 0 atom stereocenters. The van der Waals surface area contributed by atoms with E-state index >= 15 is 0 Å². The molecule has 1 aliphatic rings. The Labute approximate surface area is 187 Å². The number of hydrogen-bond donors (Lipinski definition) is 1. The van der Waals surface area contributed by atoms with Crippen LogP contribution in [0.2, 0.25) is 0 Å². The van der Waals surface area contributed by atoms with Gasteiger partial charge < -0.3 is 4.74 Å². The van der Waals surface area contributed by atoms with Gasteiger partial charge in [0.1, 0.15) is 29.6 Å². The van der Waals surface area contributed by atoms with Crippen LogP contribution in [0.15, 0.2) is 78.4 Å². The number of carbonyl (C=O) groups excluding carboxylic acids is 2. The van der Waals surface area contributed by atoms with Crippen molar-refractivity contribution in [2.45, 2.75) is 6.61 Å². The number of carbonyl (C=O) groups is 2. The molecule has 5 nitrogen and oxygen atoms in total. The van der Waals surface area contributed by atoms with Crippen LogP contribution < -0.4 is 15.0 Å². The Bertz CT molecular complexity index is 1220. The fourth-order valence-corrected chi connectivity index (χ4v) is 3.37. The SMILES string of the molecule is O=C1NC(=S)N(c2ccc(F)cc2)C(=O)C1=Cc1ccc(OCc2ccccc2F)cc1. The van der Waals surface area contributed by atoms with Crippen LogP contribution >= 0.6 is 12.2 Å². The van der Waals surface area contributed by atoms with Crippen molar-refractivity contribution in [3.63, 3.8) is 0 Å². The summed E-state index contributed by atoms with van der Waals surface area (Å²) in [4.78, 5) is 26.5. The quantitative estimate of drug-likeness (QED) is 0.356. The second kappa shape index (κ2) is 9.07. The van der Waals surface area contributed by atoms with Crippen molar-refractivity contribution in [2.24, 2.45) is 0 Å². The van der Waals surface area contributed by atoms with Crippen molar-refractivity contribution < 1.29 is 23.1 Å². The number of halogens is 2. The van der Waals surface area contributed by atoms with Gasteiger partial charge in [0.15, 0.2) is 5.11 Å². The van der Waals surface area contributed by atoms with Crippen LogP contribution in [0.1, 0.15) is 11.1 Å². The van der Waals surface area contributed by atoms with Gasteiger partial charge in [0.2, 0.25) is 0 Å². The highest BCUT2D eigenvalue weighted by atomic mass is 32.1. The first-order chi connectivity index (χ1) is 15.4. The Hall–Kier alpha value is -3.91. The first-order valence-electron chi connectivity index (χ1n) is 9.55. The third-order valence-electron chi connectivity index (χ3n) is 4.73. The summed E-state index contributed by atoms with van der Waals surface area (Å²) in [6.45, 7) is 0.0675. The summed E-state index contributed by atoms with van der Waals surface area (Å²) < 4.78 is 32.5. The van der Waals surface area contributed by atoms with Crippen LogP contribution in [-0.4, -0.2) is 16.9 Å². The van der Waals surface area contributed by atoms with Crippen molar-refractivity contribution in [1.82, 2.24) is 5.32 Å². The average Bonchev–Trinajstić information content (AvgIpc) is 2.78. The van der Waals surface area contributed by atoms with Crippen LogP contribution in [0.25, 0.3) is 6.08 Å². The Kier molecular flexibility index (Phi) is 6.04. The number of benzene rings is 3. The van der Waals surface area contributed by atoms with Crippen molar-refractivity contribution in [3.8, 4) is 5.75 Å². The van der Waals surface area contributed by atoms with Gasteiger partial charge in [-0.3, -0.25) is 19.8 Å². The lowest BCUT2D eigenvalue weighted by Crippen LogP contribution is -2.54. The third kappa shape index (κ3) is 4.55. The molecule has 1 fully saturated rings. The van der Waals surface area contributed by atoms with Gasteiger partial charge in [0.05, 0.1) is 5.69 Å². The van der Waals surface area contributed by atoms with E-state index in [1.807, 2.05) is 0 Å². The van der Waals surface area contributed by atoms with Gasteiger partial charge >= 0.3 is 0 Å². The van der Waals surface area contributed by atoms with E-state index in [4.69, 9.17) is 17.0 Å². The normalized spacial score (nSPS) is 15.1. The number of thiocarbonyl (C=S) groups is 1. The maximum Gasteiger partial charge on any atom is 0.270 e. The summed E-state index contributed by atoms with van der Waals surface area (Å²) in [7, 11) is 0. The number of ether oxygens (including phenoxy) is 1. The number of rotatable bonds is 5. The molecule has 1 heterocycles. The lowest BCUT2D eigenvalue weighted by Gasteiger charge is -2.28. The molecular weight excluding hydrogens is 434 g/mol. The summed E-state index contributed by atoms with van der Waals surface area (Å²) in [5.41, 5.74) is 1.22. The molecule has 2 amide bonds. The predicted molar refractivity (Wildman–Crippen MR) is 120 cm³/mol. The van der Waals surface area contributed by atoms with Crippen molar-refractivity contribution in [3.05, 3.63) is 101 Å². The molecule has 0 radical (unpaired) electrons. The van der Waals surface area contributed by atoms with Crippen LogP contribution in [0.5, 0.6) is 5.75 Å². The highest BCUT2D eigenvalue weighted by Gasteiger charge is 2.34. The van der Waals surface area contributed by atoms with Crippen LogP contribution in [0.3, 0.4) is 0 Å². The molecule has 8 heteroatoms.